The van der Waals surface area contributed by atoms with Crippen LogP contribution in [0.5, 0.6) is 0 Å². The highest BCUT2D eigenvalue weighted by Gasteiger charge is 2.11. The van der Waals surface area contributed by atoms with Gasteiger partial charge < -0.3 is 4.57 Å². The fourth-order valence-electron chi connectivity index (χ4n) is 2.22. The number of thiazole rings is 1. The van der Waals surface area contributed by atoms with E-state index in [0.29, 0.717) is 15.4 Å². The van der Waals surface area contributed by atoms with Gasteiger partial charge in [-0.15, -0.1) is 0 Å². The predicted molar refractivity (Wildman–Crippen MR) is 95.3 cm³/mol. The van der Waals surface area contributed by atoms with Gasteiger partial charge in [-0.25, -0.2) is 8.42 Å². The molecule has 1 amide bonds. The van der Waals surface area contributed by atoms with Gasteiger partial charge in [0.1, 0.15) is 0 Å². The minimum atomic E-state index is -3.28. The number of fused-ring (bicyclic) bond motifs is 1. The molecule has 2 aromatic carbocycles. The van der Waals surface area contributed by atoms with Crippen LogP contribution in [0.4, 0.5) is 0 Å². The van der Waals surface area contributed by atoms with Gasteiger partial charge >= 0.3 is 0 Å². The summed E-state index contributed by atoms with van der Waals surface area (Å²) in [5, 5.41) is 0.467. The van der Waals surface area contributed by atoms with E-state index in [1.54, 1.807) is 54.1 Å². The number of nitrogens with zero attached hydrogens (tertiary/aromatic N) is 2. The second-order valence-electron chi connectivity index (χ2n) is 5.27. The van der Waals surface area contributed by atoms with E-state index in [-0.39, 0.29) is 4.90 Å². The van der Waals surface area contributed by atoms with E-state index in [0.717, 1.165) is 16.5 Å². The highest BCUT2D eigenvalue weighted by Crippen LogP contribution is 2.21. The Hall–Kier alpha value is -1.96. The third kappa shape index (κ3) is 3.28. The first kappa shape index (κ1) is 16.9. The van der Waals surface area contributed by atoms with Crippen molar-refractivity contribution in [3.05, 3.63) is 57.9 Å². The van der Waals surface area contributed by atoms with Gasteiger partial charge in [-0.3, -0.25) is 4.79 Å². The minimum Gasteiger partial charge on any atom is -0.319 e. The van der Waals surface area contributed by atoms with Crippen molar-refractivity contribution < 1.29 is 13.2 Å². The van der Waals surface area contributed by atoms with Crippen LogP contribution in [0.1, 0.15) is 10.4 Å². The van der Waals surface area contributed by atoms with Crippen molar-refractivity contribution in [3.8, 4) is 0 Å². The van der Waals surface area contributed by atoms with Crippen molar-refractivity contribution in [2.45, 2.75) is 4.90 Å². The summed E-state index contributed by atoms with van der Waals surface area (Å²) in [6, 6.07) is 11.4. The maximum atomic E-state index is 12.3. The van der Waals surface area contributed by atoms with Crippen LogP contribution in [-0.2, 0) is 16.9 Å². The summed E-state index contributed by atoms with van der Waals surface area (Å²) in [5.74, 6) is -0.400. The molecule has 5 nitrogen and oxygen atoms in total. The largest absolute Gasteiger partial charge is 0.319 e. The summed E-state index contributed by atoms with van der Waals surface area (Å²) in [5.41, 5.74) is 1.21. The molecule has 1 heterocycles. The minimum absolute atomic E-state index is 0.240. The molecule has 0 N–H and O–H groups in total. The van der Waals surface area contributed by atoms with Crippen LogP contribution in [-0.4, -0.2) is 25.1 Å². The smallest absolute Gasteiger partial charge is 0.279 e. The van der Waals surface area contributed by atoms with Gasteiger partial charge in [-0.05, 0) is 36.4 Å². The van der Waals surface area contributed by atoms with E-state index < -0.39 is 15.7 Å². The lowest BCUT2D eigenvalue weighted by atomic mass is 10.2. The van der Waals surface area contributed by atoms with Crippen LogP contribution in [0.15, 0.2) is 52.4 Å². The number of carbonyl (C=O) groups excluding carboxylic acids is 1. The first-order chi connectivity index (χ1) is 11.3. The predicted octanol–water partition coefficient (Wildman–Crippen LogP) is 3.04. The van der Waals surface area contributed by atoms with Gasteiger partial charge in [0.05, 0.1) is 15.1 Å². The first-order valence-electron chi connectivity index (χ1n) is 6.90. The molecule has 24 heavy (non-hydrogen) atoms. The second kappa shape index (κ2) is 6.16. The van der Waals surface area contributed by atoms with Crippen LogP contribution in [0, 0.1) is 0 Å². The van der Waals surface area contributed by atoms with E-state index in [1.165, 1.54) is 11.3 Å². The van der Waals surface area contributed by atoms with E-state index in [9.17, 15) is 13.2 Å². The zero-order chi connectivity index (χ0) is 17.5. The Kier molecular flexibility index (Phi) is 4.33. The summed E-state index contributed by atoms with van der Waals surface area (Å²) in [7, 11) is -1.50. The number of sulfone groups is 1. The average Bonchev–Trinajstić information content (AvgIpc) is 2.82. The molecule has 0 spiro atoms. The van der Waals surface area contributed by atoms with Crippen molar-refractivity contribution >= 4 is 48.9 Å². The molecule has 3 aromatic rings. The quantitative estimate of drug-likeness (QED) is 0.686. The number of rotatable bonds is 2. The van der Waals surface area contributed by atoms with Crippen LogP contribution >= 0.6 is 22.9 Å². The average molecular weight is 381 g/mol. The van der Waals surface area contributed by atoms with Gasteiger partial charge in [0.25, 0.3) is 5.91 Å². The lowest BCUT2D eigenvalue weighted by molar-refractivity contribution is 0.0998. The number of hydrogen-bond acceptors (Lipinski definition) is 4. The molecule has 0 aliphatic heterocycles. The van der Waals surface area contributed by atoms with E-state index in [1.807, 2.05) is 0 Å². The van der Waals surface area contributed by atoms with Crippen molar-refractivity contribution in [2.24, 2.45) is 12.0 Å². The molecular weight excluding hydrogens is 368 g/mol. The molecule has 0 aliphatic rings. The molecule has 0 bridgehead atoms. The van der Waals surface area contributed by atoms with Crippen LogP contribution in [0.2, 0.25) is 5.02 Å². The van der Waals surface area contributed by atoms with Gasteiger partial charge in [0, 0.05) is 23.9 Å². The Bertz CT molecular complexity index is 1130. The maximum Gasteiger partial charge on any atom is 0.279 e. The zero-order valence-corrected chi connectivity index (χ0v) is 15.2. The second-order valence-corrected chi connectivity index (χ2v) is 8.73. The van der Waals surface area contributed by atoms with Gasteiger partial charge in [-0.1, -0.05) is 29.0 Å². The standard InChI is InChI=1S/C16H13ClN2O3S2/c1-19-13-7-6-12(24(2,21)22)9-14(13)23-16(19)18-15(20)10-4-3-5-11(17)8-10/h3-9H,1-2H3. The molecule has 0 fully saturated rings. The SMILES string of the molecule is Cn1c(=NC(=O)c2cccc(Cl)c2)sc2cc(S(C)(=O)=O)ccc21. The highest BCUT2D eigenvalue weighted by molar-refractivity contribution is 7.90. The summed E-state index contributed by atoms with van der Waals surface area (Å²) < 4.78 is 25.8. The molecule has 124 valence electrons. The fraction of sp³-hybridized carbons (Fsp3) is 0.125. The molecule has 3 rings (SSSR count). The topological polar surface area (TPSA) is 68.5 Å². The third-order valence-corrected chi connectivity index (χ3v) is 5.92. The van der Waals surface area contributed by atoms with Crippen LogP contribution < -0.4 is 4.80 Å². The fourth-order valence-corrected chi connectivity index (χ4v) is 4.19. The Morgan fingerprint density at radius 1 is 1.21 bits per heavy atom. The van der Waals surface area contributed by atoms with Crippen LogP contribution in [0.3, 0.4) is 0 Å². The molecule has 8 heteroatoms. The molecular formula is C16H13ClN2O3S2. The summed E-state index contributed by atoms with van der Waals surface area (Å²) in [6.07, 6.45) is 1.16. The van der Waals surface area contributed by atoms with Crippen molar-refractivity contribution in [1.29, 1.82) is 0 Å². The normalized spacial score (nSPS) is 12.7. The van der Waals surface area contributed by atoms with Crippen molar-refractivity contribution in [2.75, 3.05) is 6.26 Å². The molecule has 0 saturated heterocycles. The maximum absolute atomic E-state index is 12.3. The van der Waals surface area contributed by atoms with E-state index >= 15 is 0 Å². The lowest BCUT2D eigenvalue weighted by Gasteiger charge is -1.99. The summed E-state index contributed by atoms with van der Waals surface area (Å²) in [4.78, 5) is 17.2. The van der Waals surface area contributed by atoms with E-state index in [2.05, 4.69) is 4.99 Å². The summed E-state index contributed by atoms with van der Waals surface area (Å²) >= 11 is 7.15. The number of amides is 1. The van der Waals surface area contributed by atoms with Crippen molar-refractivity contribution in [3.63, 3.8) is 0 Å². The van der Waals surface area contributed by atoms with Crippen LogP contribution in [0.25, 0.3) is 10.2 Å². The highest BCUT2D eigenvalue weighted by atomic mass is 35.5. The van der Waals surface area contributed by atoms with E-state index in [4.69, 9.17) is 11.6 Å². The molecule has 0 atom stereocenters. The Morgan fingerprint density at radius 3 is 2.62 bits per heavy atom. The Labute approximate surface area is 147 Å². The number of aromatic nitrogens is 1. The molecule has 0 unspecified atom stereocenters. The number of halogens is 1. The first-order valence-corrected chi connectivity index (χ1v) is 9.98. The zero-order valence-electron chi connectivity index (χ0n) is 12.9. The van der Waals surface area contributed by atoms with Gasteiger partial charge in [0.2, 0.25) is 0 Å². The van der Waals surface area contributed by atoms with Crippen molar-refractivity contribution in [1.82, 2.24) is 4.57 Å². The molecule has 1 aromatic heterocycles. The van der Waals surface area contributed by atoms with Gasteiger partial charge in [0.15, 0.2) is 14.6 Å². The number of hydrogen-bond donors (Lipinski definition) is 0. The summed E-state index contributed by atoms with van der Waals surface area (Å²) in [6.45, 7) is 0. The monoisotopic (exact) mass is 380 g/mol. The molecule has 0 saturated carbocycles. The number of benzene rings is 2. The molecule has 0 aliphatic carbocycles. The molecule has 0 radical (unpaired) electrons. The lowest BCUT2D eigenvalue weighted by Crippen LogP contribution is -2.13. The van der Waals surface area contributed by atoms with Gasteiger partial charge in [-0.2, -0.15) is 4.99 Å². The Balaban J connectivity index is 2.13. The number of carbonyl (C=O) groups is 1. The number of aryl methyl sites for hydroxylation is 1. The third-order valence-electron chi connectivity index (χ3n) is 3.48. The Morgan fingerprint density at radius 2 is 1.96 bits per heavy atom.